The van der Waals surface area contributed by atoms with E-state index in [2.05, 4.69) is 6.58 Å². The van der Waals surface area contributed by atoms with Gasteiger partial charge < -0.3 is 14.2 Å². The predicted octanol–water partition coefficient (Wildman–Crippen LogP) is 3.44. The standard InChI is InChI=1S/C16H22O5P/c1-6-19-12-9-10-13(22(18)16(17)11(4)5)15(21-8-3)14(12)20-7-2/h9-10H,4,6-8H2,1-3,5H3/q+1. The quantitative estimate of drug-likeness (QED) is 0.514. The molecule has 5 nitrogen and oxygen atoms in total. The van der Waals surface area contributed by atoms with E-state index in [1.165, 1.54) is 6.92 Å². The van der Waals surface area contributed by atoms with Crippen molar-refractivity contribution < 1.29 is 23.6 Å². The lowest BCUT2D eigenvalue weighted by molar-refractivity contribution is -0.108. The van der Waals surface area contributed by atoms with Crippen molar-refractivity contribution in [1.29, 1.82) is 0 Å². The number of carbonyl (C=O) groups excluding carboxylic acids is 1. The minimum Gasteiger partial charge on any atom is -0.490 e. The maximum absolute atomic E-state index is 12.5. The molecule has 0 saturated heterocycles. The van der Waals surface area contributed by atoms with Gasteiger partial charge in [0.05, 0.1) is 19.8 Å². The Kier molecular flexibility index (Phi) is 7.06. The molecule has 0 bridgehead atoms. The van der Waals surface area contributed by atoms with Gasteiger partial charge in [0.1, 0.15) is 0 Å². The van der Waals surface area contributed by atoms with E-state index in [9.17, 15) is 9.36 Å². The van der Waals surface area contributed by atoms with Crippen LogP contribution in [0.1, 0.15) is 27.7 Å². The zero-order valence-electron chi connectivity index (χ0n) is 13.5. The van der Waals surface area contributed by atoms with Gasteiger partial charge in [0.15, 0.2) is 5.75 Å². The molecule has 0 amide bonds. The molecule has 1 aromatic rings. The van der Waals surface area contributed by atoms with Crippen LogP contribution in [0, 0.1) is 0 Å². The number of hydrogen-bond acceptors (Lipinski definition) is 5. The third kappa shape index (κ3) is 4.08. The van der Waals surface area contributed by atoms with Crippen molar-refractivity contribution in [3.05, 3.63) is 24.3 Å². The second-order valence-corrected chi connectivity index (χ2v) is 5.90. The minimum atomic E-state index is -2.31. The molecule has 1 rings (SSSR count). The molecule has 0 aliphatic rings. The van der Waals surface area contributed by atoms with Gasteiger partial charge >= 0.3 is 13.3 Å². The van der Waals surface area contributed by atoms with E-state index in [0.29, 0.717) is 42.4 Å². The Labute approximate surface area is 132 Å². The van der Waals surface area contributed by atoms with Crippen LogP contribution in [0.4, 0.5) is 0 Å². The summed E-state index contributed by atoms with van der Waals surface area (Å²) in [6, 6.07) is 3.23. The molecular formula is C16H22O5P+. The molecule has 1 atom stereocenters. The molecule has 1 unspecified atom stereocenters. The average molecular weight is 325 g/mol. The summed E-state index contributed by atoms with van der Waals surface area (Å²) in [5, 5.41) is 0.303. The molecule has 1 aromatic carbocycles. The number of benzene rings is 1. The molecule has 0 aliphatic heterocycles. The first-order valence-electron chi connectivity index (χ1n) is 7.20. The summed E-state index contributed by atoms with van der Waals surface area (Å²) in [6.45, 7) is 11.8. The van der Waals surface area contributed by atoms with Crippen molar-refractivity contribution in [1.82, 2.24) is 0 Å². The Bertz CT molecular complexity index is 580. The van der Waals surface area contributed by atoms with E-state index in [1.54, 1.807) is 19.1 Å². The smallest absolute Gasteiger partial charge is 0.462 e. The second kappa shape index (κ2) is 8.54. The summed E-state index contributed by atoms with van der Waals surface area (Å²) in [7, 11) is -2.31. The summed E-state index contributed by atoms with van der Waals surface area (Å²) in [5.41, 5.74) is -0.252. The van der Waals surface area contributed by atoms with Crippen LogP contribution >= 0.6 is 7.80 Å². The Morgan fingerprint density at radius 3 is 2.09 bits per heavy atom. The van der Waals surface area contributed by atoms with Crippen molar-refractivity contribution in [3.8, 4) is 17.2 Å². The highest BCUT2D eigenvalue weighted by Crippen LogP contribution is 2.41. The fourth-order valence-corrected chi connectivity index (χ4v) is 2.94. The van der Waals surface area contributed by atoms with Crippen molar-refractivity contribution in [3.63, 3.8) is 0 Å². The highest BCUT2D eigenvalue weighted by atomic mass is 31.1. The number of ether oxygens (including phenoxy) is 3. The third-order valence-electron chi connectivity index (χ3n) is 2.70. The molecule has 6 heteroatoms. The first-order valence-corrected chi connectivity index (χ1v) is 8.46. The number of allylic oxidation sites excluding steroid dienone is 1. The zero-order valence-corrected chi connectivity index (χ0v) is 14.4. The van der Waals surface area contributed by atoms with Gasteiger partial charge in [-0.1, -0.05) is 11.1 Å². The maximum atomic E-state index is 12.5. The molecule has 0 N–H and O–H groups in total. The van der Waals surface area contributed by atoms with E-state index >= 15 is 0 Å². The van der Waals surface area contributed by atoms with Gasteiger partial charge in [0.2, 0.25) is 16.8 Å². The van der Waals surface area contributed by atoms with Crippen LogP contribution in [0.15, 0.2) is 24.3 Å². The van der Waals surface area contributed by atoms with Crippen molar-refractivity contribution in [2.24, 2.45) is 0 Å². The summed E-state index contributed by atoms with van der Waals surface area (Å²) in [6.07, 6.45) is 0. The fourth-order valence-electron chi connectivity index (χ4n) is 1.81. The molecule has 0 radical (unpaired) electrons. The van der Waals surface area contributed by atoms with Crippen LogP contribution in [-0.4, -0.2) is 25.3 Å². The molecule has 0 aromatic heterocycles. The lowest BCUT2D eigenvalue weighted by atomic mass is 10.3. The minimum absolute atomic E-state index is 0.246. The summed E-state index contributed by atoms with van der Waals surface area (Å²) in [4.78, 5) is 12.0. The number of hydrogen-bond donors (Lipinski definition) is 0. The Morgan fingerprint density at radius 1 is 1.05 bits per heavy atom. The van der Waals surface area contributed by atoms with E-state index < -0.39 is 13.3 Å². The molecule has 0 fully saturated rings. The lowest BCUT2D eigenvalue weighted by Gasteiger charge is -2.15. The monoisotopic (exact) mass is 325 g/mol. The van der Waals surface area contributed by atoms with Crippen LogP contribution in [0.5, 0.6) is 17.2 Å². The van der Waals surface area contributed by atoms with Crippen LogP contribution in [-0.2, 0) is 9.36 Å². The number of carbonyl (C=O) groups is 1. The van der Waals surface area contributed by atoms with E-state index in [1.807, 2.05) is 13.8 Å². The average Bonchev–Trinajstić information content (AvgIpc) is 2.49. The van der Waals surface area contributed by atoms with Gasteiger partial charge in [0, 0.05) is 5.57 Å². The van der Waals surface area contributed by atoms with Crippen molar-refractivity contribution in [2.75, 3.05) is 19.8 Å². The second-order valence-electron chi connectivity index (χ2n) is 4.42. The highest BCUT2D eigenvalue weighted by Gasteiger charge is 2.37. The lowest BCUT2D eigenvalue weighted by Crippen LogP contribution is -2.12. The van der Waals surface area contributed by atoms with E-state index in [0.717, 1.165) is 0 Å². The van der Waals surface area contributed by atoms with Gasteiger partial charge in [-0.25, -0.2) is 4.79 Å². The van der Waals surface area contributed by atoms with Crippen LogP contribution in [0.2, 0.25) is 0 Å². The van der Waals surface area contributed by atoms with Crippen LogP contribution in [0.3, 0.4) is 0 Å². The number of rotatable bonds is 9. The normalized spacial score (nSPS) is 10.8. The van der Waals surface area contributed by atoms with Gasteiger partial charge in [-0.2, -0.15) is 0 Å². The van der Waals surface area contributed by atoms with E-state index in [-0.39, 0.29) is 5.57 Å². The molecule has 0 spiro atoms. The highest BCUT2D eigenvalue weighted by molar-refractivity contribution is 7.71. The van der Waals surface area contributed by atoms with Crippen molar-refractivity contribution >= 4 is 18.6 Å². The van der Waals surface area contributed by atoms with Gasteiger partial charge in [-0.05, 0) is 39.8 Å². The zero-order chi connectivity index (χ0) is 16.7. The summed E-state index contributed by atoms with van der Waals surface area (Å²) < 4.78 is 29.2. The SMILES string of the molecule is C=C(C)C(=O)[P+](=O)c1ccc(OCC)c(OCC)c1OCC. The third-order valence-corrected chi connectivity index (χ3v) is 4.24. The Hall–Kier alpha value is -1.87. The van der Waals surface area contributed by atoms with Gasteiger partial charge in [0.25, 0.3) is 0 Å². The molecule has 120 valence electrons. The Morgan fingerprint density at radius 2 is 1.59 bits per heavy atom. The van der Waals surface area contributed by atoms with Crippen molar-refractivity contribution in [2.45, 2.75) is 27.7 Å². The molecule has 0 saturated carbocycles. The largest absolute Gasteiger partial charge is 0.490 e. The summed E-state index contributed by atoms with van der Waals surface area (Å²) in [5.74, 6) is 1.18. The predicted molar refractivity (Wildman–Crippen MR) is 87.0 cm³/mol. The summed E-state index contributed by atoms with van der Waals surface area (Å²) >= 11 is 0. The fraction of sp³-hybridized carbons (Fsp3) is 0.438. The van der Waals surface area contributed by atoms with Gasteiger partial charge in [-0.15, -0.1) is 0 Å². The van der Waals surface area contributed by atoms with Gasteiger partial charge in [-0.3, -0.25) is 0 Å². The van der Waals surface area contributed by atoms with E-state index in [4.69, 9.17) is 14.2 Å². The maximum Gasteiger partial charge on any atom is 0.462 e. The molecule has 0 heterocycles. The molecular weight excluding hydrogens is 303 g/mol. The molecule has 0 aliphatic carbocycles. The molecule has 22 heavy (non-hydrogen) atoms. The van der Waals surface area contributed by atoms with Crippen LogP contribution < -0.4 is 19.5 Å². The first-order chi connectivity index (χ1) is 10.5. The van der Waals surface area contributed by atoms with Crippen LogP contribution in [0.25, 0.3) is 0 Å². The topological polar surface area (TPSA) is 61.8 Å². The first kappa shape index (κ1) is 18.2. The Balaban J connectivity index is 3.44.